The zero-order valence-electron chi connectivity index (χ0n) is 14.2. The highest BCUT2D eigenvalue weighted by molar-refractivity contribution is 7.13. The van der Waals surface area contributed by atoms with Crippen LogP contribution in [0.15, 0.2) is 47.8 Å². The molecule has 1 aliphatic heterocycles. The Morgan fingerprint density at radius 1 is 1.15 bits per heavy atom. The number of para-hydroxylation sites is 1. The predicted molar refractivity (Wildman–Crippen MR) is 102 cm³/mol. The number of nitrogens with one attached hydrogen (secondary N) is 3. The van der Waals surface area contributed by atoms with Gasteiger partial charge in [0, 0.05) is 11.8 Å². The summed E-state index contributed by atoms with van der Waals surface area (Å²) < 4.78 is 0. The number of rotatable bonds is 3. The minimum absolute atomic E-state index is 0.165. The number of pyridine rings is 1. The van der Waals surface area contributed by atoms with Crippen molar-refractivity contribution in [3.8, 4) is 10.6 Å². The number of aromatic nitrogens is 1. The lowest BCUT2D eigenvalue weighted by atomic mass is 10.1. The number of carbonyl (C=O) groups excluding carboxylic acids is 3. The topological polar surface area (TPSA) is 100 Å². The SMILES string of the molecule is O=C1CC[C@@H](C(=O)NNC(=O)c2cc(-c3cccs3)nc3ccccc23)N1. The van der Waals surface area contributed by atoms with Gasteiger partial charge in [-0.3, -0.25) is 25.2 Å². The first kappa shape index (κ1) is 17.2. The first-order chi connectivity index (χ1) is 13.1. The fourth-order valence-corrected chi connectivity index (χ4v) is 3.68. The Morgan fingerprint density at radius 2 is 2.00 bits per heavy atom. The van der Waals surface area contributed by atoms with E-state index in [2.05, 4.69) is 21.2 Å². The second-order valence-corrected chi connectivity index (χ2v) is 7.10. The van der Waals surface area contributed by atoms with E-state index in [0.29, 0.717) is 35.0 Å². The van der Waals surface area contributed by atoms with Crippen molar-refractivity contribution >= 4 is 40.0 Å². The fraction of sp³-hybridized carbons (Fsp3) is 0.158. The number of hydrogen-bond acceptors (Lipinski definition) is 5. The van der Waals surface area contributed by atoms with Crippen molar-refractivity contribution in [2.24, 2.45) is 0 Å². The molecule has 3 amide bonds. The molecule has 3 aromatic rings. The number of hydrazine groups is 1. The van der Waals surface area contributed by atoms with Crippen LogP contribution in [-0.2, 0) is 9.59 Å². The molecule has 0 aliphatic carbocycles. The summed E-state index contributed by atoms with van der Waals surface area (Å²) in [5.74, 6) is -1.04. The van der Waals surface area contributed by atoms with E-state index in [4.69, 9.17) is 0 Å². The quantitative estimate of drug-likeness (QED) is 0.605. The second-order valence-electron chi connectivity index (χ2n) is 6.15. The van der Waals surface area contributed by atoms with Gasteiger partial charge in [-0.25, -0.2) is 4.98 Å². The molecule has 136 valence electrons. The van der Waals surface area contributed by atoms with Crippen LogP contribution in [0.3, 0.4) is 0 Å². The minimum Gasteiger partial charge on any atom is -0.344 e. The van der Waals surface area contributed by atoms with E-state index < -0.39 is 17.9 Å². The minimum atomic E-state index is -0.617. The Kier molecular flexibility index (Phi) is 4.55. The number of fused-ring (bicyclic) bond motifs is 1. The zero-order valence-corrected chi connectivity index (χ0v) is 15.0. The molecule has 2 aromatic heterocycles. The van der Waals surface area contributed by atoms with Gasteiger partial charge in [0.2, 0.25) is 5.91 Å². The van der Waals surface area contributed by atoms with Gasteiger partial charge in [0.1, 0.15) is 6.04 Å². The van der Waals surface area contributed by atoms with Crippen LogP contribution in [0.2, 0.25) is 0 Å². The van der Waals surface area contributed by atoms with Crippen LogP contribution < -0.4 is 16.2 Å². The lowest BCUT2D eigenvalue weighted by molar-refractivity contribution is -0.126. The van der Waals surface area contributed by atoms with Crippen LogP contribution >= 0.6 is 11.3 Å². The van der Waals surface area contributed by atoms with Crippen LogP contribution in [0, 0.1) is 0 Å². The number of carbonyl (C=O) groups is 3. The van der Waals surface area contributed by atoms with Crippen molar-refractivity contribution < 1.29 is 14.4 Å². The maximum absolute atomic E-state index is 12.7. The van der Waals surface area contributed by atoms with Gasteiger partial charge < -0.3 is 5.32 Å². The first-order valence-electron chi connectivity index (χ1n) is 8.45. The zero-order chi connectivity index (χ0) is 18.8. The van der Waals surface area contributed by atoms with E-state index in [-0.39, 0.29) is 5.91 Å². The molecule has 1 atom stereocenters. The van der Waals surface area contributed by atoms with Gasteiger partial charge in [-0.1, -0.05) is 24.3 Å². The van der Waals surface area contributed by atoms with Crippen LogP contribution in [0.1, 0.15) is 23.2 Å². The van der Waals surface area contributed by atoms with Gasteiger partial charge in [-0.05, 0) is 30.0 Å². The summed E-state index contributed by atoms with van der Waals surface area (Å²) in [5, 5.41) is 5.20. The number of benzene rings is 1. The summed E-state index contributed by atoms with van der Waals surface area (Å²) in [4.78, 5) is 41.6. The summed E-state index contributed by atoms with van der Waals surface area (Å²) >= 11 is 1.54. The fourth-order valence-electron chi connectivity index (χ4n) is 3.00. The van der Waals surface area contributed by atoms with Gasteiger partial charge in [0.05, 0.1) is 21.7 Å². The van der Waals surface area contributed by atoms with Crippen molar-refractivity contribution in [3.05, 3.63) is 53.4 Å². The van der Waals surface area contributed by atoms with Gasteiger partial charge in [-0.15, -0.1) is 11.3 Å². The highest BCUT2D eigenvalue weighted by Crippen LogP contribution is 2.27. The van der Waals surface area contributed by atoms with Gasteiger partial charge >= 0.3 is 0 Å². The molecule has 0 bridgehead atoms. The van der Waals surface area contributed by atoms with Crippen molar-refractivity contribution in [1.82, 2.24) is 21.2 Å². The number of nitrogens with zero attached hydrogens (tertiary/aromatic N) is 1. The first-order valence-corrected chi connectivity index (χ1v) is 9.33. The Bertz CT molecular complexity index is 1030. The van der Waals surface area contributed by atoms with Crippen molar-refractivity contribution in [3.63, 3.8) is 0 Å². The average molecular weight is 380 g/mol. The van der Waals surface area contributed by atoms with Gasteiger partial charge in [0.15, 0.2) is 0 Å². The van der Waals surface area contributed by atoms with E-state index in [1.165, 1.54) is 11.3 Å². The molecule has 1 aromatic carbocycles. The van der Waals surface area contributed by atoms with Crippen LogP contribution in [0.5, 0.6) is 0 Å². The van der Waals surface area contributed by atoms with E-state index in [1.54, 1.807) is 6.07 Å². The number of hydrogen-bond donors (Lipinski definition) is 3. The summed E-state index contributed by atoms with van der Waals surface area (Å²) in [6.45, 7) is 0. The Morgan fingerprint density at radius 3 is 2.74 bits per heavy atom. The van der Waals surface area contributed by atoms with Crippen molar-refractivity contribution in [2.45, 2.75) is 18.9 Å². The molecule has 3 heterocycles. The molecule has 0 spiro atoms. The molecule has 0 saturated carbocycles. The van der Waals surface area contributed by atoms with Crippen LogP contribution in [0.25, 0.3) is 21.5 Å². The predicted octanol–water partition coefficient (Wildman–Crippen LogP) is 2.00. The standard InChI is InChI=1S/C19H16N4O3S/c24-17-8-7-14(21-17)19(26)23-22-18(25)12-10-15(16-6-3-9-27-16)20-13-5-2-1-4-11(12)13/h1-6,9-10,14H,7-8H2,(H,21,24)(H,22,25)(H,23,26)/t14-/m0/s1. The third kappa shape index (κ3) is 3.52. The normalized spacial score (nSPS) is 16.1. The van der Waals surface area contributed by atoms with Crippen molar-refractivity contribution in [1.29, 1.82) is 0 Å². The average Bonchev–Trinajstić information content (AvgIpc) is 3.37. The summed E-state index contributed by atoms with van der Waals surface area (Å²) in [7, 11) is 0. The Balaban J connectivity index is 1.59. The van der Waals surface area contributed by atoms with Gasteiger partial charge in [-0.2, -0.15) is 0 Å². The van der Waals surface area contributed by atoms with E-state index in [1.807, 2.05) is 41.8 Å². The lowest BCUT2D eigenvalue weighted by Gasteiger charge is -2.13. The van der Waals surface area contributed by atoms with E-state index in [0.717, 1.165) is 4.88 Å². The molecular weight excluding hydrogens is 364 g/mol. The van der Waals surface area contributed by atoms with E-state index in [9.17, 15) is 14.4 Å². The number of thiophene rings is 1. The maximum Gasteiger partial charge on any atom is 0.270 e. The Labute approximate surface area is 158 Å². The molecule has 1 saturated heterocycles. The second kappa shape index (κ2) is 7.16. The van der Waals surface area contributed by atoms with Crippen molar-refractivity contribution in [2.75, 3.05) is 0 Å². The van der Waals surface area contributed by atoms with Crippen LogP contribution in [-0.4, -0.2) is 28.7 Å². The molecular formula is C19H16N4O3S. The van der Waals surface area contributed by atoms with Gasteiger partial charge in [0.25, 0.3) is 11.8 Å². The smallest absolute Gasteiger partial charge is 0.270 e. The maximum atomic E-state index is 12.7. The molecule has 1 aliphatic rings. The summed E-state index contributed by atoms with van der Waals surface area (Å²) in [6, 6.07) is 12.3. The van der Waals surface area contributed by atoms with E-state index >= 15 is 0 Å². The molecule has 3 N–H and O–H groups in total. The summed E-state index contributed by atoms with van der Waals surface area (Å²) in [5.41, 5.74) is 6.64. The number of amides is 3. The molecule has 27 heavy (non-hydrogen) atoms. The largest absolute Gasteiger partial charge is 0.344 e. The highest BCUT2D eigenvalue weighted by Gasteiger charge is 2.27. The third-order valence-corrected chi connectivity index (χ3v) is 5.24. The molecule has 8 heteroatoms. The molecule has 7 nitrogen and oxygen atoms in total. The molecule has 0 radical (unpaired) electrons. The molecule has 1 fully saturated rings. The monoisotopic (exact) mass is 380 g/mol. The highest BCUT2D eigenvalue weighted by atomic mass is 32.1. The van der Waals surface area contributed by atoms with Crippen LogP contribution in [0.4, 0.5) is 0 Å². The molecule has 0 unspecified atom stereocenters. The molecule has 4 rings (SSSR count). The summed E-state index contributed by atoms with van der Waals surface area (Å²) in [6.07, 6.45) is 0.729. The lowest BCUT2D eigenvalue weighted by Crippen LogP contribution is -2.49. The third-order valence-electron chi connectivity index (χ3n) is 4.35. The Hall–Kier alpha value is -3.26.